The van der Waals surface area contributed by atoms with E-state index in [2.05, 4.69) is 10.3 Å². The third-order valence-electron chi connectivity index (χ3n) is 2.29. The zero-order valence-corrected chi connectivity index (χ0v) is 8.73. The second kappa shape index (κ2) is 4.20. The molecule has 0 aliphatic carbocycles. The van der Waals surface area contributed by atoms with Crippen LogP contribution in [0.4, 0.5) is 0 Å². The summed E-state index contributed by atoms with van der Waals surface area (Å²) in [6, 6.07) is 1.21. The second-order valence-electron chi connectivity index (χ2n) is 3.55. The molecule has 17 heavy (non-hydrogen) atoms. The number of hydrogen-bond donors (Lipinski definition) is 2. The van der Waals surface area contributed by atoms with Gasteiger partial charge in [0.05, 0.1) is 0 Å². The van der Waals surface area contributed by atoms with E-state index in [1.807, 2.05) is 0 Å². The maximum Gasteiger partial charge on any atom is 0.260 e. The predicted octanol–water partition coefficient (Wildman–Crippen LogP) is -1.53. The number of carbonyl (C=O) groups excluding carboxylic acids is 3. The van der Waals surface area contributed by atoms with Crippen LogP contribution in [0, 0.1) is 0 Å². The number of hydrogen-bond acceptors (Lipinski definition) is 4. The van der Waals surface area contributed by atoms with Gasteiger partial charge in [-0.2, -0.15) is 0 Å². The molecule has 0 radical (unpaired) electrons. The first-order chi connectivity index (χ1) is 8.08. The van der Waals surface area contributed by atoms with Crippen molar-refractivity contribution >= 4 is 17.7 Å². The van der Waals surface area contributed by atoms with Crippen LogP contribution in [0.1, 0.15) is 10.4 Å². The summed E-state index contributed by atoms with van der Waals surface area (Å²) in [6.45, 7) is -0.447. The summed E-state index contributed by atoms with van der Waals surface area (Å²) in [4.78, 5) is 49.1. The maximum absolute atomic E-state index is 11.9. The van der Waals surface area contributed by atoms with Gasteiger partial charge in [0.25, 0.3) is 5.91 Å². The van der Waals surface area contributed by atoms with E-state index in [1.165, 1.54) is 18.5 Å². The Morgan fingerprint density at radius 1 is 1.18 bits per heavy atom. The number of aromatic amines is 1. The molecule has 2 N–H and O–H groups in total. The van der Waals surface area contributed by atoms with Crippen molar-refractivity contribution in [1.82, 2.24) is 15.2 Å². The molecule has 0 unspecified atom stereocenters. The van der Waals surface area contributed by atoms with Crippen molar-refractivity contribution in [3.8, 4) is 0 Å². The monoisotopic (exact) mass is 235 g/mol. The van der Waals surface area contributed by atoms with Crippen molar-refractivity contribution in [3.05, 3.63) is 34.2 Å². The molecule has 0 spiro atoms. The van der Waals surface area contributed by atoms with Gasteiger partial charge in [-0.05, 0) is 0 Å². The number of carbonyl (C=O) groups is 3. The predicted molar refractivity (Wildman–Crippen MR) is 56.1 cm³/mol. The Balaban J connectivity index is 2.26. The highest BCUT2D eigenvalue weighted by atomic mass is 16.2. The molecule has 0 bridgehead atoms. The van der Waals surface area contributed by atoms with Gasteiger partial charge in [0.1, 0.15) is 18.7 Å². The van der Waals surface area contributed by atoms with E-state index in [0.29, 0.717) is 0 Å². The Bertz CT molecular complexity index is 532. The number of nitrogens with one attached hydrogen (secondary N) is 2. The highest BCUT2D eigenvalue weighted by Gasteiger charge is 2.27. The van der Waals surface area contributed by atoms with Crippen LogP contribution in [0.25, 0.3) is 0 Å². The second-order valence-corrected chi connectivity index (χ2v) is 3.55. The minimum atomic E-state index is -0.630. The number of amides is 3. The molecule has 1 fully saturated rings. The zero-order chi connectivity index (χ0) is 12.4. The molecule has 88 valence electrons. The average Bonchev–Trinajstić information content (AvgIpc) is 2.27. The Hall–Kier alpha value is -2.44. The number of piperazine rings is 1. The summed E-state index contributed by atoms with van der Waals surface area (Å²) in [5.41, 5.74) is -0.540. The highest BCUT2D eigenvalue weighted by molar-refractivity contribution is 6.05. The van der Waals surface area contributed by atoms with E-state index in [4.69, 9.17) is 0 Å². The Morgan fingerprint density at radius 3 is 2.41 bits per heavy atom. The van der Waals surface area contributed by atoms with E-state index < -0.39 is 23.2 Å². The standard InChI is InChI=1S/C10H9N3O4/c14-7-1-2-11-3-6(7)10(17)13-4-8(15)12-9(16)5-13/h1-3H,4-5H2,(H,11,14)(H,12,15,16). The first-order valence-corrected chi connectivity index (χ1v) is 4.87. The number of H-pyrrole nitrogens is 1. The molecule has 0 saturated carbocycles. The van der Waals surface area contributed by atoms with Crippen LogP contribution in [0.5, 0.6) is 0 Å². The fourth-order valence-corrected chi connectivity index (χ4v) is 1.53. The molecule has 7 heteroatoms. The summed E-state index contributed by atoms with van der Waals surface area (Å²) in [5.74, 6) is -1.74. The molecule has 1 saturated heterocycles. The molecule has 0 aromatic carbocycles. The number of aromatic nitrogens is 1. The molecule has 0 atom stereocenters. The van der Waals surface area contributed by atoms with Crippen LogP contribution in [0.15, 0.2) is 23.3 Å². The number of pyridine rings is 1. The lowest BCUT2D eigenvalue weighted by Gasteiger charge is -2.25. The Labute approximate surface area is 95.4 Å². The Kier molecular flexibility index (Phi) is 2.73. The van der Waals surface area contributed by atoms with Gasteiger partial charge in [0.2, 0.25) is 11.8 Å². The van der Waals surface area contributed by atoms with Gasteiger partial charge in [-0.15, -0.1) is 0 Å². The first kappa shape index (κ1) is 11.1. The maximum atomic E-state index is 11.9. The van der Waals surface area contributed by atoms with Crippen molar-refractivity contribution < 1.29 is 14.4 Å². The summed E-state index contributed by atoms with van der Waals surface area (Å²) in [7, 11) is 0. The highest BCUT2D eigenvalue weighted by Crippen LogP contribution is 2.01. The van der Waals surface area contributed by atoms with Crippen molar-refractivity contribution in [2.75, 3.05) is 13.1 Å². The molecular formula is C10H9N3O4. The lowest BCUT2D eigenvalue weighted by Crippen LogP contribution is -2.53. The molecule has 3 amide bonds. The molecule has 1 aliphatic rings. The largest absolute Gasteiger partial charge is 0.367 e. The van der Waals surface area contributed by atoms with Gasteiger partial charge < -0.3 is 9.88 Å². The molecule has 7 nitrogen and oxygen atoms in total. The lowest BCUT2D eigenvalue weighted by molar-refractivity contribution is -0.135. The average molecular weight is 235 g/mol. The van der Waals surface area contributed by atoms with Gasteiger partial charge in [-0.25, -0.2) is 0 Å². The van der Waals surface area contributed by atoms with E-state index in [0.717, 1.165) is 4.90 Å². The van der Waals surface area contributed by atoms with Crippen LogP contribution in [0.2, 0.25) is 0 Å². The van der Waals surface area contributed by atoms with Crippen LogP contribution >= 0.6 is 0 Å². The number of imide groups is 1. The number of rotatable bonds is 1. The van der Waals surface area contributed by atoms with Gasteiger partial charge in [0.15, 0.2) is 5.43 Å². The smallest absolute Gasteiger partial charge is 0.260 e. The molecule has 1 aromatic heterocycles. The van der Waals surface area contributed by atoms with E-state index in [-0.39, 0.29) is 18.7 Å². The lowest BCUT2D eigenvalue weighted by atomic mass is 10.2. The zero-order valence-electron chi connectivity index (χ0n) is 8.73. The normalized spacial score (nSPS) is 15.6. The van der Waals surface area contributed by atoms with Gasteiger partial charge in [0, 0.05) is 18.5 Å². The quantitative estimate of drug-likeness (QED) is 0.577. The molecular weight excluding hydrogens is 226 g/mol. The molecule has 1 aliphatic heterocycles. The third-order valence-corrected chi connectivity index (χ3v) is 2.29. The van der Waals surface area contributed by atoms with Crippen molar-refractivity contribution in [2.45, 2.75) is 0 Å². The molecule has 1 aromatic rings. The summed E-state index contributed by atoms with van der Waals surface area (Å²) in [5, 5.41) is 2.07. The summed E-state index contributed by atoms with van der Waals surface area (Å²) >= 11 is 0. The topological polar surface area (TPSA) is 99.3 Å². The third kappa shape index (κ3) is 2.22. The van der Waals surface area contributed by atoms with Gasteiger partial charge in [-0.3, -0.25) is 24.5 Å². The van der Waals surface area contributed by atoms with Crippen LogP contribution in [-0.4, -0.2) is 40.7 Å². The summed E-state index contributed by atoms with van der Waals surface area (Å²) in [6.07, 6.45) is 2.65. The molecule has 2 rings (SSSR count). The van der Waals surface area contributed by atoms with Crippen LogP contribution < -0.4 is 10.7 Å². The van der Waals surface area contributed by atoms with E-state index in [1.54, 1.807) is 0 Å². The minimum Gasteiger partial charge on any atom is -0.367 e. The van der Waals surface area contributed by atoms with Gasteiger partial charge >= 0.3 is 0 Å². The number of nitrogens with zero attached hydrogens (tertiary/aromatic N) is 1. The molecule has 2 heterocycles. The fraction of sp³-hybridized carbons (Fsp3) is 0.200. The van der Waals surface area contributed by atoms with Crippen molar-refractivity contribution in [2.24, 2.45) is 0 Å². The van der Waals surface area contributed by atoms with Crippen LogP contribution in [0.3, 0.4) is 0 Å². The first-order valence-electron chi connectivity index (χ1n) is 4.87. The minimum absolute atomic E-state index is 0.0880. The van der Waals surface area contributed by atoms with Gasteiger partial charge in [-0.1, -0.05) is 0 Å². The SMILES string of the molecule is O=C1CN(C(=O)c2c[nH]ccc2=O)CC(=O)N1. The van der Waals surface area contributed by atoms with Crippen LogP contribution in [-0.2, 0) is 9.59 Å². The van der Waals surface area contributed by atoms with Crippen molar-refractivity contribution in [1.29, 1.82) is 0 Å². The van der Waals surface area contributed by atoms with Crippen molar-refractivity contribution in [3.63, 3.8) is 0 Å². The van der Waals surface area contributed by atoms with E-state index >= 15 is 0 Å². The van der Waals surface area contributed by atoms with E-state index in [9.17, 15) is 19.2 Å². The fourth-order valence-electron chi connectivity index (χ4n) is 1.53. The summed E-state index contributed by atoms with van der Waals surface area (Å²) < 4.78 is 0. The Morgan fingerprint density at radius 2 is 1.82 bits per heavy atom.